The third kappa shape index (κ3) is 6.33. The van der Waals surface area contributed by atoms with Crippen LogP contribution in [0.4, 0.5) is 17.1 Å². The van der Waals surface area contributed by atoms with E-state index in [4.69, 9.17) is 4.74 Å². The van der Waals surface area contributed by atoms with Crippen LogP contribution in [0.1, 0.15) is 53.6 Å². The second kappa shape index (κ2) is 14.3. The molecule has 1 aromatic heterocycles. The molecule has 2 N–H and O–H groups in total. The van der Waals surface area contributed by atoms with Crippen LogP contribution in [-0.2, 0) is 39.4 Å². The van der Waals surface area contributed by atoms with E-state index >= 15 is 4.79 Å². The summed E-state index contributed by atoms with van der Waals surface area (Å²) < 4.78 is 9.66. The maximum Gasteiger partial charge on any atom is 0.264 e. The summed E-state index contributed by atoms with van der Waals surface area (Å²) in [6.07, 6.45) is 3.10. The number of hydrogen-bond donors (Lipinski definition) is 2. The summed E-state index contributed by atoms with van der Waals surface area (Å²) in [5, 5.41) is 19.0. The SMILES string of the molecule is C[C@@H]1[C@@H]([Si](C)(C)O)[C@H](CCn2cc(C(CO)c3ccccc3)nn2)O[C@@]12C(=O)N(Cc1cccc(N3C(=O)CCc4ccccc43)c1)c1ccc(Br)cc12. The lowest BCUT2D eigenvalue weighted by atomic mass is 9.82. The lowest BCUT2D eigenvalue weighted by molar-refractivity contribution is -0.146. The van der Waals surface area contributed by atoms with E-state index in [9.17, 15) is 14.7 Å². The summed E-state index contributed by atoms with van der Waals surface area (Å²) in [7, 11) is -2.89. The number of fused-ring (bicyclic) bond motifs is 3. The van der Waals surface area contributed by atoms with Gasteiger partial charge in [0.05, 0.1) is 42.2 Å². The molecule has 54 heavy (non-hydrogen) atoms. The van der Waals surface area contributed by atoms with Crippen molar-refractivity contribution in [2.45, 2.75) is 75.5 Å². The normalized spacial score (nSPS) is 22.9. The molecule has 0 radical (unpaired) electrons. The Kier molecular flexibility index (Phi) is 9.68. The highest BCUT2D eigenvalue weighted by molar-refractivity contribution is 9.10. The minimum atomic E-state index is -2.89. The van der Waals surface area contributed by atoms with Gasteiger partial charge in [-0.25, -0.2) is 0 Å². The topological polar surface area (TPSA) is 121 Å². The minimum Gasteiger partial charge on any atom is -0.432 e. The highest BCUT2D eigenvalue weighted by atomic mass is 79.9. The molecule has 1 spiro atoms. The van der Waals surface area contributed by atoms with Gasteiger partial charge in [0.15, 0.2) is 13.9 Å². The van der Waals surface area contributed by atoms with E-state index < -0.39 is 20.0 Å². The standard InChI is InChI=1S/C42H44BrN5O5Si/c1-27-40(54(2,3)52)38(20-21-46-25-35(44-45-46)33(26-49)29-11-5-4-6-12-29)53-42(27)34-23-31(43)17-18-37(34)47(41(42)51)24-28-10-9-14-32(22-28)48-36-15-8-7-13-30(36)16-19-39(48)50/h4-15,17-18,22-23,25,27,33,38,40,49,52H,16,19-21,24,26H2,1-3H3/t27-,33?,38+,40-,42+/m1/s1. The van der Waals surface area contributed by atoms with E-state index in [0.717, 1.165) is 43.8 Å². The van der Waals surface area contributed by atoms with Crippen LogP contribution in [0.25, 0.3) is 0 Å². The van der Waals surface area contributed by atoms with E-state index in [-0.39, 0.29) is 42.3 Å². The second-order valence-corrected chi connectivity index (χ2v) is 20.2. The number of rotatable bonds is 10. The number of nitrogens with zero attached hydrogens (tertiary/aromatic N) is 5. The van der Waals surface area contributed by atoms with Gasteiger partial charge < -0.3 is 19.5 Å². The lowest BCUT2D eigenvalue weighted by Gasteiger charge is -2.32. The number of benzene rings is 4. The van der Waals surface area contributed by atoms with Gasteiger partial charge in [-0.15, -0.1) is 5.10 Å². The van der Waals surface area contributed by atoms with Crippen LogP contribution in [0.5, 0.6) is 0 Å². The van der Waals surface area contributed by atoms with Crippen molar-refractivity contribution in [1.29, 1.82) is 0 Å². The number of amides is 2. The van der Waals surface area contributed by atoms with Gasteiger partial charge in [-0.2, -0.15) is 0 Å². The molecule has 1 saturated heterocycles. The van der Waals surface area contributed by atoms with E-state index in [1.807, 2.05) is 117 Å². The van der Waals surface area contributed by atoms with Crippen molar-refractivity contribution in [2.75, 3.05) is 16.4 Å². The first-order chi connectivity index (χ1) is 26.0. The van der Waals surface area contributed by atoms with Crippen molar-refractivity contribution in [3.63, 3.8) is 0 Å². The van der Waals surface area contributed by atoms with E-state index in [1.165, 1.54) is 0 Å². The van der Waals surface area contributed by atoms with Crippen LogP contribution in [0.15, 0.2) is 108 Å². The van der Waals surface area contributed by atoms with Gasteiger partial charge in [0.1, 0.15) is 0 Å². The predicted molar refractivity (Wildman–Crippen MR) is 213 cm³/mol. The van der Waals surface area contributed by atoms with Crippen LogP contribution in [-0.4, -0.2) is 57.7 Å². The third-order valence-electron chi connectivity index (χ3n) is 11.5. The maximum absolute atomic E-state index is 15.1. The molecule has 0 aliphatic carbocycles. The quantitative estimate of drug-likeness (QED) is 0.143. The zero-order chi connectivity index (χ0) is 37.8. The van der Waals surface area contributed by atoms with Gasteiger partial charge in [0, 0.05) is 46.3 Å². The van der Waals surface area contributed by atoms with Gasteiger partial charge in [0.2, 0.25) is 5.91 Å². The average molecular weight is 807 g/mol. The Hall–Kier alpha value is -4.46. The molecular weight excluding hydrogens is 762 g/mol. The molecule has 12 heteroatoms. The van der Waals surface area contributed by atoms with E-state index in [1.54, 1.807) is 14.5 Å². The summed E-state index contributed by atoms with van der Waals surface area (Å²) in [5.41, 5.74) is 5.32. The number of aromatic nitrogens is 3. The number of anilines is 3. The first kappa shape index (κ1) is 36.5. The molecule has 2 amide bonds. The number of carbonyl (C=O) groups excluding carboxylic acids is 2. The Labute approximate surface area is 324 Å². The highest BCUT2D eigenvalue weighted by Crippen LogP contribution is 2.60. The number of carbonyl (C=O) groups is 2. The van der Waals surface area contributed by atoms with Crippen LogP contribution in [0, 0.1) is 5.92 Å². The average Bonchev–Trinajstić information content (AvgIpc) is 3.81. The van der Waals surface area contributed by atoms with E-state index in [0.29, 0.717) is 31.5 Å². The Bertz CT molecular complexity index is 2210. The summed E-state index contributed by atoms with van der Waals surface area (Å²) in [6.45, 7) is 6.54. The highest BCUT2D eigenvalue weighted by Gasteiger charge is 2.66. The zero-order valence-corrected chi connectivity index (χ0v) is 33.2. The fourth-order valence-electron chi connectivity index (χ4n) is 9.06. The first-order valence-corrected chi connectivity index (χ1v) is 22.4. The Balaban J connectivity index is 1.08. The second-order valence-electron chi connectivity index (χ2n) is 15.3. The number of aliphatic hydroxyl groups is 1. The van der Waals surface area contributed by atoms with Crippen LogP contribution in [0.3, 0.4) is 0 Å². The van der Waals surface area contributed by atoms with Crippen molar-refractivity contribution >= 4 is 53.1 Å². The molecule has 4 aromatic carbocycles. The van der Waals surface area contributed by atoms with Crippen molar-refractivity contribution < 1.29 is 24.2 Å². The van der Waals surface area contributed by atoms with Gasteiger partial charge in [-0.05, 0) is 79.0 Å². The zero-order valence-electron chi connectivity index (χ0n) is 30.6. The molecule has 0 bridgehead atoms. The fraction of sp³-hybridized carbons (Fsp3) is 0.333. The number of ether oxygens (including phenoxy) is 1. The van der Waals surface area contributed by atoms with Gasteiger partial charge in [0.25, 0.3) is 5.91 Å². The largest absolute Gasteiger partial charge is 0.432 e. The summed E-state index contributed by atoms with van der Waals surface area (Å²) in [5.74, 6) is -0.728. The van der Waals surface area contributed by atoms with Crippen molar-refractivity contribution in [3.8, 4) is 0 Å². The fourth-order valence-corrected chi connectivity index (χ4v) is 12.0. The molecule has 0 saturated carbocycles. The lowest BCUT2D eigenvalue weighted by Crippen LogP contribution is -2.46. The Morgan fingerprint density at radius 1 is 0.963 bits per heavy atom. The predicted octanol–water partition coefficient (Wildman–Crippen LogP) is 7.21. The first-order valence-electron chi connectivity index (χ1n) is 18.6. The molecule has 10 nitrogen and oxygen atoms in total. The third-order valence-corrected chi connectivity index (χ3v) is 14.5. The smallest absolute Gasteiger partial charge is 0.264 e. The maximum atomic E-state index is 15.1. The number of hydrogen-bond acceptors (Lipinski definition) is 7. The van der Waals surface area contributed by atoms with Crippen molar-refractivity contribution in [2.24, 2.45) is 5.92 Å². The molecule has 5 aromatic rings. The van der Waals surface area contributed by atoms with Crippen LogP contribution in [0.2, 0.25) is 18.6 Å². The molecule has 8 rings (SSSR count). The molecule has 3 aliphatic heterocycles. The van der Waals surface area contributed by atoms with Gasteiger partial charge in [-0.3, -0.25) is 19.2 Å². The molecule has 5 atom stereocenters. The number of aryl methyl sites for hydroxylation is 2. The Morgan fingerprint density at radius 3 is 2.52 bits per heavy atom. The number of aliphatic hydroxyl groups excluding tert-OH is 1. The summed E-state index contributed by atoms with van der Waals surface area (Å²) >= 11 is 3.66. The van der Waals surface area contributed by atoms with E-state index in [2.05, 4.69) is 32.3 Å². The molecule has 278 valence electrons. The minimum absolute atomic E-state index is 0.0461. The summed E-state index contributed by atoms with van der Waals surface area (Å²) in [4.78, 5) is 43.7. The van der Waals surface area contributed by atoms with Crippen molar-refractivity contribution in [3.05, 3.63) is 136 Å². The van der Waals surface area contributed by atoms with Crippen molar-refractivity contribution in [1.82, 2.24) is 15.0 Å². The van der Waals surface area contributed by atoms with Gasteiger partial charge in [-0.1, -0.05) is 88.7 Å². The molecule has 1 fully saturated rings. The van der Waals surface area contributed by atoms with Crippen LogP contribution < -0.4 is 9.80 Å². The monoisotopic (exact) mass is 805 g/mol. The van der Waals surface area contributed by atoms with Gasteiger partial charge >= 0.3 is 0 Å². The number of para-hydroxylation sites is 1. The molecule has 3 aliphatic rings. The molecule has 4 heterocycles. The Morgan fingerprint density at radius 2 is 1.74 bits per heavy atom. The summed E-state index contributed by atoms with van der Waals surface area (Å²) in [6, 6.07) is 31.5. The molecular formula is C42H44BrN5O5Si. The number of halogens is 1. The molecule has 1 unspecified atom stereocenters. The van der Waals surface area contributed by atoms with Crippen LogP contribution >= 0.6 is 15.9 Å².